The molecule has 0 aliphatic carbocycles. The van der Waals surface area contributed by atoms with Gasteiger partial charge in [-0.25, -0.2) is 0 Å². The maximum atomic E-state index is 14.3. The van der Waals surface area contributed by atoms with E-state index in [2.05, 4.69) is 6.07 Å². The third kappa shape index (κ3) is 3.29. The van der Waals surface area contributed by atoms with E-state index in [4.69, 9.17) is 4.74 Å². The van der Waals surface area contributed by atoms with E-state index in [9.17, 15) is 14.9 Å². The molecule has 4 atom stereocenters. The summed E-state index contributed by atoms with van der Waals surface area (Å²) < 4.78 is 5.28. The maximum absolute atomic E-state index is 14.3. The second-order valence-electron chi connectivity index (χ2n) is 9.26. The van der Waals surface area contributed by atoms with Crippen LogP contribution in [0.4, 0.5) is 5.69 Å². The highest BCUT2D eigenvalue weighted by Gasteiger charge is 2.67. The van der Waals surface area contributed by atoms with Crippen LogP contribution in [0.15, 0.2) is 78.9 Å². The standard InChI is InChI=1S/C30H26N2O3/c1-19-13-15-23(20(2)17-19)26-27(28(33)22-10-5-4-6-11-22)32-24-12-8-7-9-21(24)14-16-25(32)30(26,18-31)29(34)35-3/h4-17,25-27H,1-3H3/t25-,26-,27+,30+/m1/s1. The van der Waals surface area contributed by atoms with E-state index in [1.165, 1.54) is 7.11 Å². The van der Waals surface area contributed by atoms with E-state index in [-0.39, 0.29) is 5.78 Å². The van der Waals surface area contributed by atoms with Gasteiger partial charge >= 0.3 is 5.97 Å². The number of hydrogen-bond acceptors (Lipinski definition) is 5. The fourth-order valence-corrected chi connectivity index (χ4v) is 5.83. The largest absolute Gasteiger partial charge is 0.468 e. The monoisotopic (exact) mass is 462 g/mol. The Morgan fingerprint density at radius 3 is 2.40 bits per heavy atom. The van der Waals surface area contributed by atoms with Gasteiger partial charge in [0.1, 0.15) is 6.04 Å². The number of ketones is 1. The molecule has 0 N–H and O–H groups in total. The van der Waals surface area contributed by atoms with Crippen molar-refractivity contribution < 1.29 is 14.3 Å². The number of nitriles is 1. The average molecular weight is 463 g/mol. The van der Waals surface area contributed by atoms with Gasteiger partial charge in [-0.05, 0) is 36.6 Å². The normalized spacial score (nSPS) is 24.3. The first-order valence-corrected chi connectivity index (χ1v) is 11.7. The Balaban J connectivity index is 1.84. The Kier molecular flexibility index (Phi) is 5.53. The van der Waals surface area contributed by atoms with Gasteiger partial charge in [0.15, 0.2) is 11.2 Å². The van der Waals surface area contributed by atoms with Gasteiger partial charge in [0.05, 0.1) is 19.2 Å². The Morgan fingerprint density at radius 2 is 1.71 bits per heavy atom. The number of Topliss-reactive ketones (excluding diaryl/α,β-unsaturated/α-hetero) is 1. The number of rotatable bonds is 4. The predicted molar refractivity (Wildman–Crippen MR) is 135 cm³/mol. The van der Waals surface area contributed by atoms with Crippen LogP contribution in [0.3, 0.4) is 0 Å². The zero-order chi connectivity index (χ0) is 24.7. The lowest BCUT2D eigenvalue weighted by atomic mass is 9.67. The fourth-order valence-electron chi connectivity index (χ4n) is 5.83. The summed E-state index contributed by atoms with van der Waals surface area (Å²) in [5.41, 5.74) is 3.49. The van der Waals surface area contributed by atoms with Crippen LogP contribution in [0.2, 0.25) is 0 Å². The number of fused-ring (bicyclic) bond motifs is 3. The third-order valence-corrected chi connectivity index (χ3v) is 7.34. The highest BCUT2D eigenvalue weighted by molar-refractivity contribution is 6.06. The summed E-state index contributed by atoms with van der Waals surface area (Å²) in [4.78, 5) is 29.8. The molecule has 2 aliphatic heterocycles. The number of benzene rings is 3. The topological polar surface area (TPSA) is 70.4 Å². The molecule has 5 rings (SSSR count). The zero-order valence-electron chi connectivity index (χ0n) is 19.9. The minimum atomic E-state index is -1.62. The van der Waals surface area contributed by atoms with Crippen molar-refractivity contribution in [2.45, 2.75) is 31.8 Å². The minimum absolute atomic E-state index is 0.133. The molecule has 2 heterocycles. The molecule has 0 spiro atoms. The number of nitrogens with zero attached hydrogens (tertiary/aromatic N) is 2. The van der Waals surface area contributed by atoms with Crippen LogP contribution < -0.4 is 4.90 Å². The Bertz CT molecular complexity index is 1390. The second kappa shape index (κ2) is 8.56. The maximum Gasteiger partial charge on any atom is 0.329 e. The lowest BCUT2D eigenvalue weighted by Crippen LogP contribution is -2.46. The number of carbonyl (C=O) groups is 2. The van der Waals surface area contributed by atoms with Crippen LogP contribution in [-0.2, 0) is 9.53 Å². The third-order valence-electron chi connectivity index (χ3n) is 7.34. The van der Waals surface area contributed by atoms with E-state index in [1.807, 2.05) is 91.6 Å². The highest BCUT2D eigenvalue weighted by Crippen LogP contribution is 2.56. The van der Waals surface area contributed by atoms with Crippen molar-refractivity contribution in [2.75, 3.05) is 12.0 Å². The number of carbonyl (C=O) groups excluding carboxylic acids is 2. The molecule has 3 aromatic carbocycles. The number of para-hydroxylation sites is 1. The summed E-state index contributed by atoms with van der Waals surface area (Å²) in [6.07, 6.45) is 3.80. The van der Waals surface area contributed by atoms with Gasteiger partial charge in [0, 0.05) is 17.2 Å². The summed E-state index contributed by atoms with van der Waals surface area (Å²) in [7, 11) is 1.30. The van der Waals surface area contributed by atoms with Gasteiger partial charge in [0.2, 0.25) is 0 Å². The molecule has 3 aromatic rings. The summed E-state index contributed by atoms with van der Waals surface area (Å²) in [5, 5.41) is 10.7. The number of ether oxygens (including phenoxy) is 1. The molecule has 0 aromatic heterocycles. The van der Waals surface area contributed by atoms with Crippen molar-refractivity contribution in [3.63, 3.8) is 0 Å². The number of esters is 1. The molecule has 5 heteroatoms. The Hall–Kier alpha value is -4.17. The van der Waals surface area contributed by atoms with Gasteiger partial charge in [-0.1, -0.05) is 84.4 Å². The van der Waals surface area contributed by atoms with Crippen molar-refractivity contribution >= 4 is 23.5 Å². The molecule has 174 valence electrons. The molecule has 0 radical (unpaired) electrons. The van der Waals surface area contributed by atoms with Gasteiger partial charge in [-0.15, -0.1) is 0 Å². The molecule has 2 aliphatic rings. The summed E-state index contributed by atoms with van der Waals surface area (Å²) in [6.45, 7) is 3.96. The van der Waals surface area contributed by atoms with E-state index in [1.54, 1.807) is 12.1 Å². The van der Waals surface area contributed by atoms with Crippen molar-refractivity contribution in [2.24, 2.45) is 5.41 Å². The van der Waals surface area contributed by atoms with Crippen LogP contribution >= 0.6 is 0 Å². The lowest BCUT2D eigenvalue weighted by molar-refractivity contribution is -0.150. The summed E-state index contributed by atoms with van der Waals surface area (Å²) >= 11 is 0. The van der Waals surface area contributed by atoms with Gasteiger partial charge in [-0.2, -0.15) is 5.26 Å². The smallest absolute Gasteiger partial charge is 0.329 e. The van der Waals surface area contributed by atoms with Gasteiger partial charge < -0.3 is 9.64 Å². The first-order chi connectivity index (χ1) is 16.9. The van der Waals surface area contributed by atoms with E-state index in [0.29, 0.717) is 5.56 Å². The predicted octanol–water partition coefficient (Wildman–Crippen LogP) is 5.24. The number of aryl methyl sites for hydroxylation is 2. The molecule has 0 bridgehead atoms. The summed E-state index contributed by atoms with van der Waals surface area (Å²) in [5.74, 6) is -1.51. The highest BCUT2D eigenvalue weighted by atomic mass is 16.5. The quantitative estimate of drug-likeness (QED) is 0.392. The zero-order valence-corrected chi connectivity index (χ0v) is 19.9. The van der Waals surface area contributed by atoms with Crippen LogP contribution in [0, 0.1) is 30.6 Å². The van der Waals surface area contributed by atoms with Gasteiger partial charge in [-0.3, -0.25) is 9.59 Å². The molecule has 1 fully saturated rings. The Morgan fingerprint density at radius 1 is 1.00 bits per heavy atom. The minimum Gasteiger partial charge on any atom is -0.468 e. The lowest BCUT2D eigenvalue weighted by Gasteiger charge is -2.36. The van der Waals surface area contributed by atoms with E-state index < -0.39 is 29.4 Å². The van der Waals surface area contributed by atoms with Crippen molar-refractivity contribution in [3.8, 4) is 6.07 Å². The van der Waals surface area contributed by atoms with E-state index in [0.717, 1.165) is 27.9 Å². The van der Waals surface area contributed by atoms with E-state index >= 15 is 0 Å². The van der Waals surface area contributed by atoms with Crippen molar-refractivity contribution in [1.29, 1.82) is 5.26 Å². The number of anilines is 1. The number of methoxy groups -OCH3 is 1. The van der Waals surface area contributed by atoms with Crippen LogP contribution in [0.1, 0.15) is 38.5 Å². The molecule has 35 heavy (non-hydrogen) atoms. The van der Waals surface area contributed by atoms with Gasteiger partial charge in [0.25, 0.3) is 0 Å². The molecule has 5 nitrogen and oxygen atoms in total. The number of hydrogen-bond donors (Lipinski definition) is 0. The summed E-state index contributed by atoms with van der Waals surface area (Å²) in [6, 6.07) is 23.7. The van der Waals surface area contributed by atoms with Crippen LogP contribution in [0.5, 0.6) is 0 Å². The van der Waals surface area contributed by atoms with Crippen molar-refractivity contribution in [1.82, 2.24) is 0 Å². The molecular weight excluding hydrogens is 436 g/mol. The Labute approximate surface area is 205 Å². The average Bonchev–Trinajstić information content (AvgIpc) is 3.19. The fraction of sp³-hybridized carbons (Fsp3) is 0.233. The molecule has 0 saturated carbocycles. The molecule has 0 amide bonds. The second-order valence-corrected chi connectivity index (χ2v) is 9.26. The first kappa shape index (κ1) is 22.6. The molecule has 1 saturated heterocycles. The van der Waals surface area contributed by atoms with Crippen LogP contribution in [0.25, 0.3) is 6.08 Å². The molecular formula is C30H26N2O3. The first-order valence-electron chi connectivity index (χ1n) is 11.7. The SMILES string of the molecule is COC(=O)[C@]1(C#N)[C@H](c2ccc(C)cc2C)[C@@H](C(=O)c2ccccc2)N2c3ccccc3C=C[C@@H]21. The molecule has 0 unspecified atom stereocenters. The van der Waals surface area contributed by atoms with Crippen molar-refractivity contribution in [3.05, 3.63) is 107 Å². The van der Waals surface area contributed by atoms with Crippen LogP contribution in [-0.4, -0.2) is 30.9 Å².